The van der Waals surface area contributed by atoms with Crippen molar-refractivity contribution in [1.82, 2.24) is 4.90 Å². The number of Topliss-reactive ketones (excluding diaryl/α,β-unsaturated/α-hetero) is 1. The van der Waals surface area contributed by atoms with Crippen molar-refractivity contribution in [3.05, 3.63) is 106 Å². The van der Waals surface area contributed by atoms with E-state index in [1.165, 1.54) is 17.0 Å². The first kappa shape index (κ1) is 25.2. The number of aliphatic hydroxyl groups excluding tert-OH is 1. The zero-order chi connectivity index (χ0) is 26.2. The zero-order valence-electron chi connectivity index (χ0n) is 21.1. The topological polar surface area (TPSA) is 66.8 Å². The Morgan fingerprint density at radius 3 is 2.33 bits per heavy atom. The van der Waals surface area contributed by atoms with E-state index in [9.17, 15) is 19.1 Å². The van der Waals surface area contributed by atoms with Gasteiger partial charge in [0.05, 0.1) is 18.7 Å². The molecule has 0 radical (unpaired) electrons. The average molecular weight is 488 g/mol. The van der Waals surface area contributed by atoms with Crippen molar-refractivity contribution in [2.45, 2.75) is 45.7 Å². The third-order valence-corrected chi connectivity index (χ3v) is 6.44. The van der Waals surface area contributed by atoms with Crippen molar-refractivity contribution in [3.63, 3.8) is 0 Å². The normalized spacial score (nSPS) is 17.5. The van der Waals surface area contributed by atoms with E-state index in [2.05, 4.69) is 0 Å². The van der Waals surface area contributed by atoms with Crippen molar-refractivity contribution >= 4 is 17.4 Å². The Labute approximate surface area is 210 Å². The minimum absolute atomic E-state index is 0.0257. The highest BCUT2D eigenvalue weighted by atomic mass is 19.1. The van der Waals surface area contributed by atoms with Gasteiger partial charge in [0.15, 0.2) is 0 Å². The highest BCUT2D eigenvalue weighted by molar-refractivity contribution is 6.46. The van der Waals surface area contributed by atoms with Crippen LogP contribution in [-0.2, 0) is 21.5 Å². The Balaban J connectivity index is 1.89. The van der Waals surface area contributed by atoms with Gasteiger partial charge in [-0.05, 0) is 53.8 Å². The van der Waals surface area contributed by atoms with Crippen LogP contribution in [0.15, 0.2) is 72.3 Å². The number of aliphatic hydroxyl groups is 1. The number of ketones is 1. The molecule has 0 saturated carbocycles. The molecule has 1 amide bonds. The standard InChI is InChI=1S/C30H30FNO4/c1-18-7-6-8-20(15-18)26-25(27(33)21-11-14-24(36-5)23(16-21)30(2,3)4)28(34)29(35)32(26)17-19-9-12-22(31)13-10-19/h6-16,26,33H,17H2,1-5H3/b27-25-. The number of likely N-dealkylation sites (tertiary alicyclic amines) is 1. The van der Waals surface area contributed by atoms with Crippen molar-refractivity contribution in [3.8, 4) is 5.75 Å². The Morgan fingerprint density at radius 2 is 1.72 bits per heavy atom. The van der Waals surface area contributed by atoms with Gasteiger partial charge in [-0.1, -0.05) is 62.7 Å². The van der Waals surface area contributed by atoms with Crippen molar-refractivity contribution in [2.24, 2.45) is 0 Å². The van der Waals surface area contributed by atoms with E-state index < -0.39 is 17.7 Å². The summed E-state index contributed by atoms with van der Waals surface area (Å²) in [6, 6.07) is 17.8. The first-order chi connectivity index (χ1) is 17.0. The van der Waals surface area contributed by atoms with Crippen LogP contribution in [-0.4, -0.2) is 28.8 Å². The molecular formula is C30H30FNO4. The number of hydrogen-bond donors (Lipinski definition) is 1. The molecule has 1 unspecified atom stereocenters. The quantitative estimate of drug-likeness (QED) is 0.270. The monoisotopic (exact) mass is 487 g/mol. The number of nitrogens with zero attached hydrogens (tertiary/aromatic N) is 1. The van der Waals surface area contributed by atoms with Gasteiger partial charge in [0.1, 0.15) is 17.3 Å². The molecule has 1 saturated heterocycles. The summed E-state index contributed by atoms with van der Waals surface area (Å²) in [4.78, 5) is 28.0. The van der Waals surface area contributed by atoms with Gasteiger partial charge in [0, 0.05) is 17.7 Å². The van der Waals surface area contributed by atoms with E-state index in [0.717, 1.165) is 11.1 Å². The summed E-state index contributed by atoms with van der Waals surface area (Å²) < 4.78 is 19.0. The second kappa shape index (κ2) is 9.61. The molecule has 0 bridgehead atoms. The van der Waals surface area contributed by atoms with Gasteiger partial charge in [-0.2, -0.15) is 0 Å². The molecule has 5 nitrogen and oxygen atoms in total. The number of halogens is 1. The lowest BCUT2D eigenvalue weighted by molar-refractivity contribution is -0.140. The van der Waals surface area contributed by atoms with Crippen molar-refractivity contribution in [2.75, 3.05) is 7.11 Å². The maximum atomic E-state index is 13.5. The number of hydrogen-bond acceptors (Lipinski definition) is 4. The summed E-state index contributed by atoms with van der Waals surface area (Å²) >= 11 is 0. The third-order valence-electron chi connectivity index (χ3n) is 6.44. The zero-order valence-corrected chi connectivity index (χ0v) is 21.1. The predicted octanol–water partition coefficient (Wildman–Crippen LogP) is 6.06. The Bertz CT molecular complexity index is 1350. The summed E-state index contributed by atoms with van der Waals surface area (Å²) in [7, 11) is 1.59. The van der Waals surface area contributed by atoms with Crippen LogP contribution in [0.3, 0.4) is 0 Å². The summed E-state index contributed by atoms with van der Waals surface area (Å²) in [6.45, 7) is 8.11. The van der Waals surface area contributed by atoms with Crippen LogP contribution < -0.4 is 4.74 Å². The second-order valence-electron chi connectivity index (χ2n) is 10.1. The van der Waals surface area contributed by atoms with Gasteiger partial charge < -0.3 is 14.7 Å². The molecule has 4 rings (SSSR count). The molecule has 3 aromatic rings. The maximum Gasteiger partial charge on any atom is 0.295 e. The minimum atomic E-state index is -0.796. The molecule has 1 atom stereocenters. The average Bonchev–Trinajstić information content (AvgIpc) is 3.09. The van der Waals surface area contributed by atoms with Gasteiger partial charge in [0.2, 0.25) is 0 Å². The Hall–Kier alpha value is -3.93. The van der Waals surface area contributed by atoms with Gasteiger partial charge in [0.25, 0.3) is 11.7 Å². The van der Waals surface area contributed by atoms with Crippen LogP contribution >= 0.6 is 0 Å². The number of carbonyl (C=O) groups is 2. The lowest BCUT2D eigenvalue weighted by atomic mass is 9.84. The first-order valence-corrected chi connectivity index (χ1v) is 11.8. The van der Waals surface area contributed by atoms with Crippen LogP contribution in [0, 0.1) is 12.7 Å². The van der Waals surface area contributed by atoms with Gasteiger partial charge in [-0.25, -0.2) is 4.39 Å². The lowest BCUT2D eigenvalue weighted by Gasteiger charge is -2.26. The first-order valence-electron chi connectivity index (χ1n) is 11.8. The van der Waals surface area contributed by atoms with Crippen LogP contribution in [0.4, 0.5) is 4.39 Å². The van der Waals surface area contributed by atoms with Gasteiger partial charge in [-0.3, -0.25) is 9.59 Å². The van der Waals surface area contributed by atoms with E-state index in [-0.39, 0.29) is 29.1 Å². The van der Waals surface area contributed by atoms with Crippen LogP contribution in [0.5, 0.6) is 5.75 Å². The molecule has 1 N–H and O–H groups in total. The van der Waals surface area contributed by atoms with E-state index in [4.69, 9.17) is 4.74 Å². The molecule has 1 aliphatic heterocycles. The second-order valence-corrected chi connectivity index (χ2v) is 10.1. The summed E-state index contributed by atoms with van der Waals surface area (Å²) in [5, 5.41) is 11.5. The number of carbonyl (C=O) groups excluding carboxylic acids is 2. The highest BCUT2D eigenvalue weighted by Gasteiger charge is 2.46. The van der Waals surface area contributed by atoms with Crippen LogP contribution in [0.25, 0.3) is 5.76 Å². The fourth-order valence-corrected chi connectivity index (χ4v) is 4.61. The SMILES string of the molecule is COc1ccc(/C(O)=C2/C(=O)C(=O)N(Cc3ccc(F)cc3)C2c2cccc(C)c2)cc1C(C)(C)C. The Morgan fingerprint density at radius 1 is 1.03 bits per heavy atom. The molecule has 0 aromatic heterocycles. The number of methoxy groups -OCH3 is 1. The summed E-state index contributed by atoms with van der Waals surface area (Å²) in [6.07, 6.45) is 0. The fraction of sp³-hybridized carbons (Fsp3) is 0.267. The predicted molar refractivity (Wildman–Crippen MR) is 137 cm³/mol. The van der Waals surface area contributed by atoms with Crippen molar-refractivity contribution < 1.29 is 23.8 Å². The summed E-state index contributed by atoms with van der Waals surface area (Å²) in [5.74, 6) is -1.42. The molecule has 6 heteroatoms. The molecule has 1 aliphatic rings. The largest absolute Gasteiger partial charge is 0.507 e. The van der Waals surface area contributed by atoms with E-state index in [1.54, 1.807) is 37.4 Å². The van der Waals surface area contributed by atoms with E-state index in [0.29, 0.717) is 22.4 Å². The van der Waals surface area contributed by atoms with Gasteiger partial charge >= 0.3 is 0 Å². The van der Waals surface area contributed by atoms with Gasteiger partial charge in [-0.15, -0.1) is 0 Å². The number of amides is 1. The highest BCUT2D eigenvalue weighted by Crippen LogP contribution is 2.41. The number of rotatable bonds is 5. The fourth-order valence-electron chi connectivity index (χ4n) is 4.61. The smallest absolute Gasteiger partial charge is 0.295 e. The third kappa shape index (κ3) is 4.76. The molecule has 0 spiro atoms. The van der Waals surface area contributed by atoms with Crippen molar-refractivity contribution in [1.29, 1.82) is 0 Å². The summed E-state index contributed by atoms with van der Waals surface area (Å²) in [5.41, 5.74) is 3.38. The molecule has 36 heavy (non-hydrogen) atoms. The van der Waals surface area contributed by atoms with Crippen LogP contribution in [0.2, 0.25) is 0 Å². The van der Waals surface area contributed by atoms with E-state index >= 15 is 0 Å². The molecule has 1 fully saturated rings. The molecule has 3 aromatic carbocycles. The molecule has 186 valence electrons. The Kier molecular flexibility index (Phi) is 6.72. The number of ether oxygens (including phenoxy) is 1. The molecule has 0 aliphatic carbocycles. The maximum absolute atomic E-state index is 13.5. The van der Waals surface area contributed by atoms with E-state index in [1.807, 2.05) is 52.0 Å². The molecular weight excluding hydrogens is 457 g/mol. The molecule has 1 heterocycles. The minimum Gasteiger partial charge on any atom is -0.507 e. The lowest BCUT2D eigenvalue weighted by Crippen LogP contribution is -2.29. The number of benzene rings is 3. The number of aryl methyl sites for hydroxylation is 1. The van der Waals surface area contributed by atoms with Crippen LogP contribution in [0.1, 0.15) is 54.6 Å².